The molecule has 1 saturated heterocycles. The molecule has 2 aromatic rings. The summed E-state index contributed by atoms with van der Waals surface area (Å²) >= 11 is 0. The molecule has 2 fully saturated rings. The molecule has 1 saturated carbocycles. The van der Waals surface area contributed by atoms with E-state index in [1.807, 2.05) is 54.6 Å². The third kappa shape index (κ3) is 12.7. The summed E-state index contributed by atoms with van der Waals surface area (Å²) in [5.41, 5.74) is 0.932. The van der Waals surface area contributed by atoms with Crippen molar-refractivity contribution in [3.8, 4) is 0 Å². The molecule has 2 aromatic carbocycles. The Balaban J connectivity index is 1.40. The van der Waals surface area contributed by atoms with E-state index in [1.165, 1.54) is 27.8 Å². The van der Waals surface area contributed by atoms with E-state index in [2.05, 4.69) is 15.5 Å². The Kier molecular flexibility index (Phi) is 14.0. The highest BCUT2D eigenvalue weighted by Crippen LogP contribution is 2.35. The Morgan fingerprint density at radius 3 is 2.22 bits per heavy atom. The standard InChI is InChI=1S/C37H50FN3O8/c1-25(34(43)47-24-28-8-6-5-7-9-28)48-35(44)29(20-26-10-11-26)23-40-33(42)32(49-36(45)31(39-4)22-37(2,3)38)21-27-12-14-30(15-13-27)41-16-18-46-19-17-41/h5-9,12-15,25-26,29,31-32,39H,10-11,16-24H2,1-4H3,(H,40,42)/t25-,29+,31?,32?/m1/s1. The molecule has 49 heavy (non-hydrogen) atoms. The second kappa shape index (κ2) is 18.1. The molecule has 2 aliphatic rings. The molecular weight excluding hydrogens is 633 g/mol. The van der Waals surface area contributed by atoms with Gasteiger partial charge in [-0.05, 0) is 63.4 Å². The van der Waals surface area contributed by atoms with Gasteiger partial charge in [0.2, 0.25) is 0 Å². The van der Waals surface area contributed by atoms with E-state index in [9.17, 15) is 23.6 Å². The normalized spacial score (nSPS) is 17.3. The SMILES string of the molecule is CNC(CC(C)(C)F)C(=O)OC(Cc1ccc(N2CCOCC2)cc1)C(=O)NC[C@H](CC1CC1)C(=O)O[C@H](C)C(=O)OCc1ccccc1. The maximum Gasteiger partial charge on any atom is 0.347 e. The van der Waals surface area contributed by atoms with Crippen molar-refractivity contribution in [1.82, 2.24) is 10.6 Å². The molecular formula is C37H50FN3O8. The number of rotatable bonds is 18. The molecule has 0 aromatic heterocycles. The number of halogens is 1. The number of hydrogen-bond acceptors (Lipinski definition) is 10. The molecule has 2 unspecified atom stereocenters. The van der Waals surface area contributed by atoms with Crippen molar-refractivity contribution in [3.63, 3.8) is 0 Å². The maximum atomic E-state index is 14.5. The molecule has 268 valence electrons. The number of anilines is 1. The number of carbonyl (C=O) groups excluding carboxylic acids is 4. The van der Waals surface area contributed by atoms with Crippen molar-refractivity contribution in [3.05, 3.63) is 65.7 Å². The molecule has 4 rings (SSSR count). The van der Waals surface area contributed by atoms with Gasteiger partial charge in [0.15, 0.2) is 12.2 Å². The first kappa shape index (κ1) is 37.8. The minimum atomic E-state index is -1.65. The van der Waals surface area contributed by atoms with Gasteiger partial charge in [0.25, 0.3) is 5.91 Å². The van der Waals surface area contributed by atoms with Gasteiger partial charge in [-0.2, -0.15) is 0 Å². The number of nitrogens with zero attached hydrogens (tertiary/aromatic N) is 1. The smallest absolute Gasteiger partial charge is 0.347 e. The van der Waals surface area contributed by atoms with Gasteiger partial charge in [0, 0.05) is 38.2 Å². The van der Waals surface area contributed by atoms with Crippen molar-refractivity contribution >= 4 is 29.5 Å². The summed E-state index contributed by atoms with van der Waals surface area (Å²) in [5, 5.41) is 5.58. The van der Waals surface area contributed by atoms with Crippen LogP contribution in [0.1, 0.15) is 57.6 Å². The van der Waals surface area contributed by atoms with Gasteiger partial charge >= 0.3 is 17.9 Å². The Hall–Kier alpha value is -4.03. The van der Waals surface area contributed by atoms with Crippen LogP contribution in [0, 0.1) is 11.8 Å². The molecule has 0 radical (unpaired) electrons. The quantitative estimate of drug-likeness (QED) is 0.176. The predicted molar refractivity (Wildman–Crippen MR) is 181 cm³/mol. The topological polar surface area (TPSA) is 132 Å². The second-order valence-corrected chi connectivity index (χ2v) is 13.5. The third-order valence-electron chi connectivity index (χ3n) is 8.63. The zero-order chi connectivity index (χ0) is 35.4. The van der Waals surface area contributed by atoms with Crippen LogP contribution in [0.4, 0.5) is 10.1 Å². The van der Waals surface area contributed by atoms with Crippen LogP contribution >= 0.6 is 0 Å². The number of esters is 3. The number of carbonyl (C=O) groups is 4. The van der Waals surface area contributed by atoms with E-state index < -0.39 is 53.7 Å². The Labute approximate surface area is 288 Å². The zero-order valence-corrected chi connectivity index (χ0v) is 29.0. The summed E-state index contributed by atoms with van der Waals surface area (Å²) in [5.74, 6) is -3.05. The summed E-state index contributed by atoms with van der Waals surface area (Å²) in [6.07, 6.45) is -0.0609. The molecule has 12 heteroatoms. The fraction of sp³-hybridized carbons (Fsp3) is 0.568. The van der Waals surface area contributed by atoms with Crippen molar-refractivity contribution in [2.24, 2.45) is 11.8 Å². The summed E-state index contributed by atoms with van der Waals surface area (Å²) in [6.45, 7) is 7.01. The molecule has 1 aliphatic carbocycles. The molecule has 1 amide bonds. The number of amides is 1. The first-order chi connectivity index (χ1) is 23.4. The molecule has 1 aliphatic heterocycles. The van der Waals surface area contributed by atoms with Crippen LogP contribution in [0.3, 0.4) is 0 Å². The van der Waals surface area contributed by atoms with E-state index in [0.29, 0.717) is 25.6 Å². The van der Waals surface area contributed by atoms with Crippen LogP contribution in [-0.4, -0.2) is 87.6 Å². The van der Waals surface area contributed by atoms with Crippen LogP contribution in [0.5, 0.6) is 0 Å². The number of benzene rings is 2. The Bertz CT molecular complexity index is 1370. The fourth-order valence-corrected chi connectivity index (χ4v) is 5.60. The first-order valence-electron chi connectivity index (χ1n) is 17.1. The van der Waals surface area contributed by atoms with E-state index in [0.717, 1.165) is 42.7 Å². The van der Waals surface area contributed by atoms with Gasteiger partial charge in [0.05, 0.1) is 19.1 Å². The Morgan fingerprint density at radius 2 is 1.61 bits per heavy atom. The molecule has 0 bridgehead atoms. The average Bonchev–Trinajstić information content (AvgIpc) is 3.92. The highest BCUT2D eigenvalue weighted by molar-refractivity contribution is 5.86. The van der Waals surface area contributed by atoms with Crippen molar-refractivity contribution in [2.75, 3.05) is 44.8 Å². The molecule has 2 N–H and O–H groups in total. The average molecular weight is 684 g/mol. The van der Waals surface area contributed by atoms with Crippen molar-refractivity contribution in [2.45, 2.75) is 83.4 Å². The number of morpholine rings is 1. The summed E-state index contributed by atoms with van der Waals surface area (Å²) in [4.78, 5) is 54.8. The maximum absolute atomic E-state index is 14.5. The number of ether oxygens (including phenoxy) is 4. The van der Waals surface area contributed by atoms with Crippen molar-refractivity contribution in [1.29, 1.82) is 0 Å². The lowest BCUT2D eigenvalue weighted by atomic mass is 10.0. The summed E-state index contributed by atoms with van der Waals surface area (Å²) in [6, 6.07) is 15.9. The highest BCUT2D eigenvalue weighted by atomic mass is 19.1. The second-order valence-electron chi connectivity index (χ2n) is 13.5. The van der Waals surface area contributed by atoms with Gasteiger partial charge in [-0.25, -0.2) is 9.18 Å². The predicted octanol–water partition coefficient (Wildman–Crippen LogP) is 3.91. The number of alkyl halides is 1. The molecule has 1 heterocycles. The lowest BCUT2D eigenvalue weighted by Crippen LogP contribution is -2.47. The molecule has 4 atom stereocenters. The van der Waals surface area contributed by atoms with Crippen molar-refractivity contribution < 1.29 is 42.5 Å². The third-order valence-corrected chi connectivity index (χ3v) is 8.63. The van der Waals surface area contributed by atoms with Gasteiger partial charge in [-0.1, -0.05) is 55.3 Å². The van der Waals surface area contributed by atoms with Gasteiger partial charge in [-0.3, -0.25) is 14.4 Å². The molecule has 11 nitrogen and oxygen atoms in total. The van der Waals surface area contributed by atoms with Crippen LogP contribution in [0.15, 0.2) is 54.6 Å². The number of likely N-dealkylation sites (N-methyl/N-ethyl adjacent to an activating group) is 1. The van der Waals surface area contributed by atoms with Crippen LogP contribution in [0.2, 0.25) is 0 Å². The van der Waals surface area contributed by atoms with Gasteiger partial charge < -0.3 is 34.5 Å². The highest BCUT2D eigenvalue weighted by Gasteiger charge is 2.35. The zero-order valence-electron chi connectivity index (χ0n) is 29.0. The van der Waals surface area contributed by atoms with Gasteiger partial charge in [-0.15, -0.1) is 0 Å². The van der Waals surface area contributed by atoms with E-state index >= 15 is 0 Å². The minimum Gasteiger partial charge on any atom is -0.458 e. The van der Waals surface area contributed by atoms with Gasteiger partial charge in [0.1, 0.15) is 18.3 Å². The lowest BCUT2D eigenvalue weighted by molar-refractivity contribution is -0.170. The van der Waals surface area contributed by atoms with E-state index in [4.69, 9.17) is 18.9 Å². The van der Waals surface area contributed by atoms with E-state index in [1.54, 1.807) is 0 Å². The Morgan fingerprint density at radius 1 is 0.939 bits per heavy atom. The van der Waals surface area contributed by atoms with E-state index in [-0.39, 0.29) is 26.0 Å². The molecule has 0 spiro atoms. The van der Waals surface area contributed by atoms with Crippen LogP contribution in [-0.2, 0) is 51.2 Å². The van der Waals surface area contributed by atoms with Crippen LogP contribution in [0.25, 0.3) is 0 Å². The summed E-state index contributed by atoms with van der Waals surface area (Å²) < 4.78 is 36.4. The monoisotopic (exact) mass is 683 g/mol. The van der Waals surface area contributed by atoms with Crippen LogP contribution < -0.4 is 15.5 Å². The summed E-state index contributed by atoms with van der Waals surface area (Å²) in [7, 11) is 1.53. The first-order valence-corrected chi connectivity index (χ1v) is 17.1. The number of nitrogens with one attached hydrogen (secondary N) is 2. The lowest BCUT2D eigenvalue weighted by Gasteiger charge is -2.29. The minimum absolute atomic E-state index is 0.0520. The largest absolute Gasteiger partial charge is 0.458 e. The fourth-order valence-electron chi connectivity index (χ4n) is 5.60. The number of hydrogen-bond donors (Lipinski definition) is 2.